The molecular formula is C17H17N7O. The topological polar surface area (TPSA) is 118 Å². The van der Waals surface area contributed by atoms with Gasteiger partial charge in [-0.15, -0.1) is 0 Å². The lowest BCUT2D eigenvalue weighted by atomic mass is 10.2. The van der Waals surface area contributed by atoms with Gasteiger partial charge in [0.2, 0.25) is 0 Å². The molecule has 126 valence electrons. The molecule has 0 radical (unpaired) electrons. The molecule has 0 unspecified atom stereocenters. The van der Waals surface area contributed by atoms with E-state index in [9.17, 15) is 4.79 Å². The van der Waals surface area contributed by atoms with Gasteiger partial charge in [0.1, 0.15) is 12.0 Å². The number of hydrogen-bond donors (Lipinski definition) is 4. The number of benzene rings is 1. The molecule has 1 aromatic carbocycles. The summed E-state index contributed by atoms with van der Waals surface area (Å²) in [4.78, 5) is 24.1. The van der Waals surface area contributed by atoms with Crippen molar-refractivity contribution in [2.24, 2.45) is 0 Å². The Labute approximate surface area is 144 Å². The summed E-state index contributed by atoms with van der Waals surface area (Å²) in [6, 6.07) is 11.0. The van der Waals surface area contributed by atoms with Crippen LogP contribution in [0.4, 0.5) is 23.0 Å². The van der Waals surface area contributed by atoms with Crippen LogP contribution in [0.1, 0.15) is 15.9 Å². The fourth-order valence-electron chi connectivity index (χ4n) is 2.06. The predicted molar refractivity (Wildman–Crippen MR) is 96.2 cm³/mol. The SMILES string of the molecule is Cc1ccc(Nc2ncnc(NNC(=O)c3ccncc3)c2N)cc1. The fraction of sp³-hybridized carbons (Fsp3) is 0.0588. The van der Waals surface area contributed by atoms with Crippen LogP contribution in [0.15, 0.2) is 55.1 Å². The van der Waals surface area contributed by atoms with E-state index in [0.29, 0.717) is 17.2 Å². The first kappa shape index (κ1) is 16.2. The smallest absolute Gasteiger partial charge is 0.269 e. The molecule has 0 bridgehead atoms. The van der Waals surface area contributed by atoms with Crippen molar-refractivity contribution in [3.63, 3.8) is 0 Å². The second-order valence-electron chi connectivity index (χ2n) is 5.29. The van der Waals surface area contributed by atoms with Gasteiger partial charge in [-0.2, -0.15) is 0 Å². The van der Waals surface area contributed by atoms with Gasteiger partial charge < -0.3 is 11.1 Å². The highest BCUT2D eigenvalue weighted by molar-refractivity contribution is 5.95. The normalized spacial score (nSPS) is 10.1. The number of anilines is 4. The van der Waals surface area contributed by atoms with Crippen LogP contribution in [0, 0.1) is 6.92 Å². The van der Waals surface area contributed by atoms with Crippen LogP contribution < -0.4 is 21.9 Å². The molecule has 8 heteroatoms. The van der Waals surface area contributed by atoms with Crippen molar-refractivity contribution in [1.82, 2.24) is 20.4 Å². The maximum atomic E-state index is 12.0. The van der Waals surface area contributed by atoms with Crippen LogP contribution in [0.2, 0.25) is 0 Å². The number of hydrazine groups is 1. The lowest BCUT2D eigenvalue weighted by Crippen LogP contribution is -2.30. The Morgan fingerprint density at radius 3 is 2.40 bits per heavy atom. The maximum Gasteiger partial charge on any atom is 0.269 e. The van der Waals surface area contributed by atoms with E-state index in [1.807, 2.05) is 31.2 Å². The number of carbonyl (C=O) groups excluding carboxylic acids is 1. The zero-order valence-corrected chi connectivity index (χ0v) is 13.5. The molecule has 8 nitrogen and oxygen atoms in total. The number of nitrogens with two attached hydrogens (primary N) is 1. The zero-order valence-electron chi connectivity index (χ0n) is 13.5. The number of nitrogens with one attached hydrogen (secondary N) is 3. The third-order valence-corrected chi connectivity index (χ3v) is 3.44. The van der Waals surface area contributed by atoms with Crippen molar-refractivity contribution in [3.8, 4) is 0 Å². The van der Waals surface area contributed by atoms with Gasteiger partial charge >= 0.3 is 0 Å². The number of aromatic nitrogens is 3. The number of carbonyl (C=O) groups is 1. The van der Waals surface area contributed by atoms with E-state index < -0.39 is 0 Å². The first-order valence-electron chi connectivity index (χ1n) is 7.54. The van der Waals surface area contributed by atoms with Crippen molar-refractivity contribution in [1.29, 1.82) is 0 Å². The average Bonchev–Trinajstić information content (AvgIpc) is 2.64. The molecule has 0 atom stereocenters. The van der Waals surface area contributed by atoms with E-state index in [4.69, 9.17) is 5.73 Å². The summed E-state index contributed by atoms with van der Waals surface area (Å²) in [7, 11) is 0. The molecule has 25 heavy (non-hydrogen) atoms. The highest BCUT2D eigenvalue weighted by Gasteiger charge is 2.10. The molecule has 0 spiro atoms. The van der Waals surface area contributed by atoms with Crippen LogP contribution in [-0.2, 0) is 0 Å². The van der Waals surface area contributed by atoms with E-state index in [0.717, 1.165) is 11.3 Å². The molecule has 3 rings (SSSR count). The Morgan fingerprint density at radius 1 is 1.00 bits per heavy atom. The number of pyridine rings is 1. The van der Waals surface area contributed by atoms with Crippen molar-refractivity contribution in [2.45, 2.75) is 6.92 Å². The Kier molecular flexibility index (Phi) is 4.70. The van der Waals surface area contributed by atoms with Crippen molar-refractivity contribution < 1.29 is 4.79 Å². The van der Waals surface area contributed by atoms with E-state index >= 15 is 0 Å². The summed E-state index contributed by atoms with van der Waals surface area (Å²) in [6.07, 6.45) is 4.43. The van der Waals surface area contributed by atoms with Crippen molar-refractivity contribution in [3.05, 3.63) is 66.2 Å². The third kappa shape index (κ3) is 3.99. The lowest BCUT2D eigenvalue weighted by molar-refractivity contribution is 0.0962. The zero-order chi connectivity index (χ0) is 17.6. The Hall–Kier alpha value is -3.68. The van der Waals surface area contributed by atoms with Crippen molar-refractivity contribution in [2.75, 3.05) is 16.5 Å². The first-order chi connectivity index (χ1) is 12.1. The number of amides is 1. The van der Waals surface area contributed by atoms with E-state index in [1.54, 1.807) is 12.1 Å². The van der Waals surface area contributed by atoms with Crippen LogP contribution in [0.25, 0.3) is 0 Å². The van der Waals surface area contributed by atoms with E-state index in [1.165, 1.54) is 18.7 Å². The Bertz CT molecular complexity index is 866. The van der Waals surface area contributed by atoms with Crippen LogP contribution in [-0.4, -0.2) is 20.9 Å². The predicted octanol–water partition coefficient (Wildman–Crippen LogP) is 2.26. The van der Waals surface area contributed by atoms with Gasteiger partial charge in [0.25, 0.3) is 5.91 Å². The average molecular weight is 335 g/mol. The molecule has 0 saturated carbocycles. The Morgan fingerprint density at radius 2 is 1.68 bits per heavy atom. The quantitative estimate of drug-likeness (QED) is 0.528. The summed E-state index contributed by atoms with van der Waals surface area (Å²) >= 11 is 0. The minimum Gasteiger partial charge on any atom is -0.393 e. The van der Waals surface area contributed by atoms with Crippen LogP contribution in [0.3, 0.4) is 0 Å². The number of rotatable bonds is 5. The Balaban J connectivity index is 1.70. The van der Waals surface area contributed by atoms with E-state index in [2.05, 4.69) is 31.1 Å². The van der Waals surface area contributed by atoms with E-state index in [-0.39, 0.29) is 11.6 Å². The number of nitrogen functional groups attached to an aromatic ring is 1. The van der Waals surface area contributed by atoms with Crippen LogP contribution >= 0.6 is 0 Å². The highest BCUT2D eigenvalue weighted by atomic mass is 16.2. The molecule has 0 saturated heterocycles. The standard InChI is InChI=1S/C17H17N7O/c1-11-2-4-13(5-3-11)22-15-14(18)16(21-10-20-15)23-24-17(25)12-6-8-19-9-7-12/h2-10H,18H2,1H3,(H,24,25)(H2,20,21,22,23). The summed E-state index contributed by atoms with van der Waals surface area (Å²) in [5.74, 6) is 0.417. The minimum atomic E-state index is -0.326. The molecule has 2 heterocycles. The minimum absolute atomic E-state index is 0.290. The van der Waals surface area contributed by atoms with Gasteiger partial charge in [-0.25, -0.2) is 9.97 Å². The highest BCUT2D eigenvalue weighted by Crippen LogP contribution is 2.25. The van der Waals surface area contributed by atoms with Gasteiger partial charge in [-0.05, 0) is 31.2 Å². The summed E-state index contributed by atoms with van der Waals surface area (Å²) < 4.78 is 0. The largest absolute Gasteiger partial charge is 0.393 e. The molecule has 0 aliphatic carbocycles. The van der Waals surface area contributed by atoms with Crippen molar-refractivity contribution >= 4 is 28.9 Å². The monoisotopic (exact) mass is 335 g/mol. The summed E-state index contributed by atoms with van der Waals surface area (Å²) in [5, 5.41) is 3.12. The summed E-state index contributed by atoms with van der Waals surface area (Å²) in [5.41, 5.74) is 14.1. The number of aryl methyl sites for hydroxylation is 1. The molecular weight excluding hydrogens is 318 g/mol. The molecule has 0 aliphatic rings. The first-order valence-corrected chi connectivity index (χ1v) is 7.54. The molecule has 3 aromatic rings. The van der Waals surface area contributed by atoms with Gasteiger partial charge in [-0.1, -0.05) is 17.7 Å². The lowest BCUT2D eigenvalue weighted by Gasteiger charge is -2.13. The van der Waals surface area contributed by atoms with Gasteiger partial charge in [0, 0.05) is 23.6 Å². The number of nitrogens with zero attached hydrogens (tertiary/aromatic N) is 3. The summed E-state index contributed by atoms with van der Waals surface area (Å²) in [6.45, 7) is 2.01. The maximum absolute atomic E-state index is 12.0. The molecule has 2 aromatic heterocycles. The molecule has 1 amide bonds. The molecule has 0 aliphatic heterocycles. The number of hydrogen-bond acceptors (Lipinski definition) is 7. The van der Waals surface area contributed by atoms with Gasteiger partial charge in [0.05, 0.1) is 0 Å². The molecule has 5 N–H and O–H groups in total. The third-order valence-electron chi connectivity index (χ3n) is 3.44. The molecule has 0 fully saturated rings. The van der Waals surface area contributed by atoms with Crippen LogP contribution in [0.5, 0.6) is 0 Å². The van der Waals surface area contributed by atoms with Gasteiger partial charge in [0.15, 0.2) is 11.6 Å². The second kappa shape index (κ2) is 7.26. The fourth-order valence-corrected chi connectivity index (χ4v) is 2.06. The second-order valence-corrected chi connectivity index (χ2v) is 5.29. The van der Waals surface area contributed by atoms with Gasteiger partial charge in [-0.3, -0.25) is 20.6 Å².